The third-order valence-electron chi connectivity index (χ3n) is 2.63. The Morgan fingerprint density at radius 1 is 1.31 bits per heavy atom. The molecule has 0 saturated carbocycles. The van der Waals surface area contributed by atoms with Crippen LogP contribution in [0.1, 0.15) is 0 Å². The molecule has 0 aromatic carbocycles. The van der Waals surface area contributed by atoms with E-state index in [0.29, 0.717) is 5.95 Å². The normalized spacial score (nSPS) is 16.9. The van der Waals surface area contributed by atoms with Gasteiger partial charge in [-0.25, -0.2) is 4.98 Å². The van der Waals surface area contributed by atoms with Crippen molar-refractivity contribution in [3.63, 3.8) is 0 Å². The molecule has 0 spiro atoms. The predicted molar refractivity (Wildman–Crippen MR) is 64.9 cm³/mol. The molecule has 5 nitrogen and oxygen atoms in total. The van der Waals surface area contributed by atoms with Crippen LogP contribution >= 0.6 is 11.3 Å². The number of morpholine rings is 1. The zero-order chi connectivity index (χ0) is 11.0. The molecule has 6 heteroatoms. The summed E-state index contributed by atoms with van der Waals surface area (Å²) in [7, 11) is 0. The van der Waals surface area contributed by atoms with Crippen LogP contribution in [0.15, 0.2) is 11.4 Å². The highest BCUT2D eigenvalue weighted by Crippen LogP contribution is 2.28. The summed E-state index contributed by atoms with van der Waals surface area (Å²) < 4.78 is 5.33. The summed E-state index contributed by atoms with van der Waals surface area (Å²) in [5.41, 5.74) is 5.72. The summed E-state index contributed by atoms with van der Waals surface area (Å²) >= 11 is 1.59. The predicted octanol–water partition coefficient (Wildman–Crippen LogP) is 1.11. The number of thiophene rings is 1. The molecule has 0 bridgehead atoms. The zero-order valence-corrected chi connectivity index (χ0v) is 9.54. The average Bonchev–Trinajstić information content (AvgIpc) is 2.77. The Hall–Kier alpha value is -1.40. The van der Waals surface area contributed by atoms with Crippen LogP contribution in [0.5, 0.6) is 0 Å². The van der Waals surface area contributed by atoms with E-state index in [-0.39, 0.29) is 0 Å². The SMILES string of the molecule is Nc1nc(N2CCOCC2)c2ccsc2n1. The maximum atomic E-state index is 5.72. The van der Waals surface area contributed by atoms with Gasteiger partial charge in [0.05, 0.1) is 18.6 Å². The van der Waals surface area contributed by atoms with Gasteiger partial charge in [-0.3, -0.25) is 0 Å². The lowest BCUT2D eigenvalue weighted by Crippen LogP contribution is -2.37. The molecule has 3 rings (SSSR count). The molecule has 2 aromatic rings. The van der Waals surface area contributed by atoms with E-state index in [9.17, 15) is 0 Å². The van der Waals surface area contributed by atoms with Crippen LogP contribution in [0.25, 0.3) is 10.2 Å². The Bertz CT molecular complexity index is 506. The molecule has 0 amide bonds. The Labute approximate surface area is 96.9 Å². The van der Waals surface area contributed by atoms with Gasteiger partial charge in [0.25, 0.3) is 0 Å². The zero-order valence-electron chi connectivity index (χ0n) is 8.72. The molecule has 1 aliphatic rings. The number of hydrogen-bond donors (Lipinski definition) is 1. The van der Waals surface area contributed by atoms with Crippen molar-refractivity contribution in [1.82, 2.24) is 9.97 Å². The lowest BCUT2D eigenvalue weighted by molar-refractivity contribution is 0.122. The van der Waals surface area contributed by atoms with E-state index < -0.39 is 0 Å². The van der Waals surface area contributed by atoms with Crippen LogP contribution in [0.2, 0.25) is 0 Å². The molecule has 0 unspecified atom stereocenters. The molecule has 16 heavy (non-hydrogen) atoms. The lowest BCUT2D eigenvalue weighted by atomic mass is 10.3. The van der Waals surface area contributed by atoms with Gasteiger partial charge in [-0.2, -0.15) is 4.98 Å². The van der Waals surface area contributed by atoms with Crippen molar-refractivity contribution in [3.8, 4) is 0 Å². The summed E-state index contributed by atoms with van der Waals surface area (Å²) in [6.45, 7) is 3.22. The largest absolute Gasteiger partial charge is 0.378 e. The Morgan fingerprint density at radius 3 is 2.94 bits per heavy atom. The van der Waals surface area contributed by atoms with Crippen LogP contribution in [0.4, 0.5) is 11.8 Å². The first-order valence-electron chi connectivity index (χ1n) is 5.18. The van der Waals surface area contributed by atoms with E-state index in [4.69, 9.17) is 10.5 Å². The molecule has 84 valence electrons. The number of aromatic nitrogens is 2. The van der Waals surface area contributed by atoms with E-state index >= 15 is 0 Å². The highest BCUT2D eigenvalue weighted by atomic mass is 32.1. The topological polar surface area (TPSA) is 64.3 Å². The van der Waals surface area contributed by atoms with E-state index in [1.807, 2.05) is 11.4 Å². The van der Waals surface area contributed by atoms with Gasteiger partial charge >= 0.3 is 0 Å². The fourth-order valence-electron chi connectivity index (χ4n) is 1.87. The number of nitrogens with two attached hydrogens (primary N) is 1. The maximum Gasteiger partial charge on any atom is 0.223 e. The Morgan fingerprint density at radius 2 is 2.12 bits per heavy atom. The summed E-state index contributed by atoms with van der Waals surface area (Å²) in [5, 5.41) is 3.10. The molecule has 2 N–H and O–H groups in total. The van der Waals surface area contributed by atoms with E-state index in [2.05, 4.69) is 14.9 Å². The first kappa shape index (κ1) is 9.80. The fourth-order valence-corrected chi connectivity index (χ4v) is 2.64. The number of rotatable bonds is 1. The average molecular weight is 236 g/mol. The highest BCUT2D eigenvalue weighted by molar-refractivity contribution is 7.16. The second kappa shape index (κ2) is 3.88. The van der Waals surface area contributed by atoms with Gasteiger partial charge in [0, 0.05) is 13.1 Å². The Kier molecular flexibility index (Phi) is 2.37. The third kappa shape index (κ3) is 1.60. The van der Waals surface area contributed by atoms with Crippen LogP contribution in [-0.2, 0) is 4.74 Å². The summed E-state index contributed by atoms with van der Waals surface area (Å²) in [6, 6.07) is 2.05. The van der Waals surface area contributed by atoms with Crippen LogP contribution in [0.3, 0.4) is 0 Å². The monoisotopic (exact) mass is 236 g/mol. The van der Waals surface area contributed by atoms with Crippen LogP contribution < -0.4 is 10.6 Å². The van der Waals surface area contributed by atoms with Gasteiger partial charge in [0.15, 0.2) is 0 Å². The second-order valence-electron chi connectivity index (χ2n) is 3.64. The number of nitrogen functional groups attached to an aromatic ring is 1. The first-order chi connectivity index (χ1) is 7.84. The molecule has 3 heterocycles. The second-order valence-corrected chi connectivity index (χ2v) is 4.54. The maximum absolute atomic E-state index is 5.72. The van der Waals surface area contributed by atoms with Gasteiger partial charge in [0.2, 0.25) is 5.95 Å². The minimum Gasteiger partial charge on any atom is -0.378 e. The van der Waals surface area contributed by atoms with Gasteiger partial charge in [-0.05, 0) is 11.4 Å². The lowest BCUT2D eigenvalue weighted by Gasteiger charge is -2.28. The van der Waals surface area contributed by atoms with Gasteiger partial charge in [-0.15, -0.1) is 11.3 Å². The first-order valence-corrected chi connectivity index (χ1v) is 6.06. The van der Waals surface area contributed by atoms with Crippen molar-refractivity contribution < 1.29 is 4.74 Å². The summed E-state index contributed by atoms with van der Waals surface area (Å²) in [5.74, 6) is 1.28. The minimum atomic E-state index is 0.344. The molecule has 1 saturated heterocycles. The summed E-state index contributed by atoms with van der Waals surface area (Å²) in [6.07, 6.45) is 0. The third-order valence-corrected chi connectivity index (χ3v) is 3.44. The number of fused-ring (bicyclic) bond motifs is 1. The summed E-state index contributed by atoms with van der Waals surface area (Å²) in [4.78, 5) is 11.7. The number of ether oxygens (including phenoxy) is 1. The van der Waals surface area contributed by atoms with E-state index in [0.717, 1.165) is 42.3 Å². The molecule has 0 aliphatic carbocycles. The Balaban J connectivity index is 2.09. The molecule has 1 aliphatic heterocycles. The molecular formula is C10H12N4OS. The van der Waals surface area contributed by atoms with Gasteiger partial charge in [0.1, 0.15) is 10.6 Å². The number of anilines is 2. The van der Waals surface area contributed by atoms with E-state index in [1.54, 1.807) is 11.3 Å². The minimum absolute atomic E-state index is 0.344. The highest BCUT2D eigenvalue weighted by Gasteiger charge is 2.17. The van der Waals surface area contributed by atoms with E-state index in [1.165, 1.54) is 0 Å². The van der Waals surface area contributed by atoms with Gasteiger partial charge < -0.3 is 15.4 Å². The molecule has 1 fully saturated rings. The van der Waals surface area contributed by atoms with Crippen molar-refractivity contribution in [2.45, 2.75) is 0 Å². The number of hydrogen-bond acceptors (Lipinski definition) is 6. The molecule has 0 atom stereocenters. The van der Waals surface area contributed by atoms with Gasteiger partial charge in [-0.1, -0.05) is 0 Å². The van der Waals surface area contributed by atoms with Crippen molar-refractivity contribution in [1.29, 1.82) is 0 Å². The molecular weight excluding hydrogens is 224 g/mol. The molecule has 2 aromatic heterocycles. The number of nitrogens with zero attached hydrogens (tertiary/aromatic N) is 3. The van der Waals surface area contributed by atoms with Crippen LogP contribution in [0, 0.1) is 0 Å². The van der Waals surface area contributed by atoms with Crippen LogP contribution in [-0.4, -0.2) is 36.3 Å². The molecule has 0 radical (unpaired) electrons. The quantitative estimate of drug-likeness (QED) is 0.803. The van der Waals surface area contributed by atoms with Crippen molar-refractivity contribution in [2.24, 2.45) is 0 Å². The standard InChI is InChI=1S/C10H12N4OS/c11-10-12-8(14-2-4-15-5-3-14)7-1-6-16-9(7)13-10/h1,6H,2-5H2,(H2,11,12,13). The van der Waals surface area contributed by atoms with Crippen molar-refractivity contribution >= 4 is 33.3 Å². The smallest absolute Gasteiger partial charge is 0.223 e. The fraction of sp³-hybridized carbons (Fsp3) is 0.400. The van der Waals surface area contributed by atoms with Crippen molar-refractivity contribution in [3.05, 3.63) is 11.4 Å². The van der Waals surface area contributed by atoms with Crippen molar-refractivity contribution in [2.75, 3.05) is 36.9 Å².